The van der Waals surface area contributed by atoms with Gasteiger partial charge in [-0.2, -0.15) is 0 Å². The lowest BCUT2D eigenvalue weighted by Crippen LogP contribution is -2.21. The molecule has 2 nitrogen and oxygen atoms in total. The Labute approximate surface area is 149 Å². The number of carbonyl (C=O) groups excluding carboxylic acids is 1. The quantitative estimate of drug-likeness (QED) is 0.615. The molecular weight excluding hydrogens is 306 g/mol. The Morgan fingerprint density at radius 3 is 1.96 bits per heavy atom. The van der Waals surface area contributed by atoms with Gasteiger partial charge in [0.25, 0.3) is 0 Å². The number of hydrogen-bond acceptors (Lipinski definition) is 1. The van der Waals surface area contributed by atoms with Gasteiger partial charge in [-0.05, 0) is 42.5 Å². The van der Waals surface area contributed by atoms with Crippen molar-refractivity contribution in [2.45, 2.75) is 25.2 Å². The van der Waals surface area contributed by atoms with Gasteiger partial charge >= 0.3 is 0 Å². The van der Waals surface area contributed by atoms with E-state index in [9.17, 15) is 4.79 Å². The van der Waals surface area contributed by atoms with Gasteiger partial charge in [0.2, 0.25) is 5.91 Å². The Bertz CT molecular complexity index is 769. The zero-order valence-corrected chi connectivity index (χ0v) is 14.3. The van der Waals surface area contributed by atoms with Crippen LogP contribution in [0.4, 0.5) is 5.69 Å². The van der Waals surface area contributed by atoms with Crippen LogP contribution >= 0.6 is 0 Å². The Morgan fingerprint density at radius 2 is 1.32 bits per heavy atom. The number of aryl methyl sites for hydroxylation is 1. The maximum atomic E-state index is 12.8. The third-order valence-corrected chi connectivity index (χ3v) is 4.36. The molecule has 1 N–H and O–H groups in total. The highest BCUT2D eigenvalue weighted by Crippen LogP contribution is 2.24. The summed E-state index contributed by atoms with van der Waals surface area (Å²) in [5.74, 6) is -0.0735. The van der Waals surface area contributed by atoms with Crippen LogP contribution in [-0.4, -0.2) is 5.91 Å². The fraction of sp³-hybridized carbons (Fsp3) is 0.174. The first-order chi connectivity index (χ1) is 12.3. The van der Waals surface area contributed by atoms with Crippen molar-refractivity contribution in [3.05, 3.63) is 102 Å². The van der Waals surface area contributed by atoms with Crippen molar-refractivity contribution in [2.75, 3.05) is 5.32 Å². The fourth-order valence-electron chi connectivity index (χ4n) is 3.04. The first-order valence-corrected chi connectivity index (χ1v) is 8.78. The summed E-state index contributed by atoms with van der Waals surface area (Å²) in [6.45, 7) is 0. The third-order valence-electron chi connectivity index (χ3n) is 4.36. The minimum atomic E-state index is -0.134. The topological polar surface area (TPSA) is 29.1 Å². The Kier molecular flexibility index (Phi) is 6.00. The summed E-state index contributed by atoms with van der Waals surface area (Å²) in [4.78, 5) is 12.8. The van der Waals surface area contributed by atoms with Gasteiger partial charge in [0.1, 0.15) is 0 Å². The van der Waals surface area contributed by atoms with E-state index in [-0.39, 0.29) is 11.8 Å². The number of anilines is 1. The van der Waals surface area contributed by atoms with E-state index >= 15 is 0 Å². The summed E-state index contributed by atoms with van der Waals surface area (Å²) in [5, 5.41) is 3.05. The molecule has 25 heavy (non-hydrogen) atoms. The molecule has 0 spiro atoms. The predicted molar refractivity (Wildman–Crippen MR) is 104 cm³/mol. The van der Waals surface area contributed by atoms with Crippen molar-refractivity contribution in [3.8, 4) is 0 Å². The molecule has 0 aliphatic rings. The molecule has 3 rings (SSSR count). The van der Waals surface area contributed by atoms with E-state index in [1.54, 1.807) is 0 Å². The van der Waals surface area contributed by atoms with Crippen molar-refractivity contribution in [2.24, 2.45) is 0 Å². The van der Waals surface area contributed by atoms with E-state index in [1.165, 1.54) is 5.56 Å². The molecule has 0 aromatic heterocycles. The van der Waals surface area contributed by atoms with Crippen molar-refractivity contribution in [3.63, 3.8) is 0 Å². The van der Waals surface area contributed by atoms with E-state index < -0.39 is 0 Å². The van der Waals surface area contributed by atoms with Crippen LogP contribution in [0.2, 0.25) is 0 Å². The van der Waals surface area contributed by atoms with E-state index in [0.29, 0.717) is 0 Å². The zero-order valence-electron chi connectivity index (χ0n) is 14.3. The van der Waals surface area contributed by atoms with Gasteiger partial charge in [-0.25, -0.2) is 0 Å². The lowest BCUT2D eigenvalue weighted by atomic mass is 9.91. The third kappa shape index (κ3) is 5.05. The summed E-state index contributed by atoms with van der Waals surface area (Å²) in [6, 6.07) is 30.1. The van der Waals surface area contributed by atoms with Gasteiger partial charge < -0.3 is 5.32 Å². The Balaban J connectivity index is 1.68. The van der Waals surface area contributed by atoms with Crippen LogP contribution in [0.25, 0.3) is 0 Å². The second-order valence-electron chi connectivity index (χ2n) is 6.20. The average Bonchev–Trinajstić information content (AvgIpc) is 2.67. The number of amides is 1. The second-order valence-corrected chi connectivity index (χ2v) is 6.20. The van der Waals surface area contributed by atoms with E-state index in [4.69, 9.17) is 0 Å². The number of benzene rings is 3. The van der Waals surface area contributed by atoms with Crippen molar-refractivity contribution in [1.29, 1.82) is 0 Å². The number of nitrogens with one attached hydrogen (secondary N) is 1. The van der Waals surface area contributed by atoms with Gasteiger partial charge in [0, 0.05) is 5.69 Å². The SMILES string of the molecule is O=C(Nc1ccccc1)[C@H](CCCc1ccccc1)c1ccccc1. The minimum absolute atomic E-state index is 0.0606. The smallest absolute Gasteiger partial charge is 0.231 e. The van der Waals surface area contributed by atoms with Crippen LogP contribution in [-0.2, 0) is 11.2 Å². The molecule has 0 aliphatic carbocycles. The van der Waals surface area contributed by atoms with Crippen LogP contribution in [0.1, 0.15) is 29.9 Å². The molecule has 3 aromatic carbocycles. The lowest BCUT2D eigenvalue weighted by molar-refractivity contribution is -0.117. The van der Waals surface area contributed by atoms with Crippen LogP contribution in [0, 0.1) is 0 Å². The number of carbonyl (C=O) groups is 1. The summed E-state index contributed by atoms with van der Waals surface area (Å²) >= 11 is 0. The van der Waals surface area contributed by atoms with E-state index in [0.717, 1.165) is 30.5 Å². The second kappa shape index (κ2) is 8.84. The average molecular weight is 329 g/mol. The molecule has 1 amide bonds. The summed E-state index contributed by atoms with van der Waals surface area (Å²) in [6.07, 6.45) is 2.80. The summed E-state index contributed by atoms with van der Waals surface area (Å²) < 4.78 is 0. The van der Waals surface area contributed by atoms with E-state index in [2.05, 4.69) is 29.6 Å². The van der Waals surface area contributed by atoms with Crippen LogP contribution in [0.15, 0.2) is 91.0 Å². The summed E-state index contributed by atoms with van der Waals surface area (Å²) in [5.41, 5.74) is 3.23. The number of para-hydroxylation sites is 1. The van der Waals surface area contributed by atoms with Gasteiger partial charge in [0.05, 0.1) is 5.92 Å². The minimum Gasteiger partial charge on any atom is -0.326 e. The maximum Gasteiger partial charge on any atom is 0.231 e. The molecular formula is C23H23NO. The largest absolute Gasteiger partial charge is 0.326 e. The Hall–Kier alpha value is -2.87. The van der Waals surface area contributed by atoms with Crippen molar-refractivity contribution < 1.29 is 4.79 Å². The molecule has 0 saturated carbocycles. The maximum absolute atomic E-state index is 12.8. The number of rotatable bonds is 7. The molecule has 0 heterocycles. The van der Waals surface area contributed by atoms with Crippen LogP contribution < -0.4 is 5.32 Å². The highest BCUT2D eigenvalue weighted by molar-refractivity contribution is 5.95. The van der Waals surface area contributed by atoms with Crippen LogP contribution in [0.5, 0.6) is 0 Å². The highest BCUT2D eigenvalue weighted by Gasteiger charge is 2.20. The number of hydrogen-bond donors (Lipinski definition) is 1. The molecule has 2 heteroatoms. The molecule has 0 saturated heterocycles. The molecule has 3 aromatic rings. The lowest BCUT2D eigenvalue weighted by Gasteiger charge is -2.17. The molecule has 0 fully saturated rings. The van der Waals surface area contributed by atoms with Gasteiger partial charge in [-0.1, -0.05) is 78.9 Å². The highest BCUT2D eigenvalue weighted by atomic mass is 16.1. The monoisotopic (exact) mass is 329 g/mol. The fourth-order valence-corrected chi connectivity index (χ4v) is 3.04. The molecule has 0 aliphatic heterocycles. The van der Waals surface area contributed by atoms with Crippen molar-refractivity contribution >= 4 is 11.6 Å². The van der Waals surface area contributed by atoms with E-state index in [1.807, 2.05) is 66.7 Å². The van der Waals surface area contributed by atoms with Gasteiger partial charge in [0.15, 0.2) is 0 Å². The van der Waals surface area contributed by atoms with Gasteiger partial charge in [-0.3, -0.25) is 4.79 Å². The summed E-state index contributed by atoms with van der Waals surface area (Å²) in [7, 11) is 0. The van der Waals surface area contributed by atoms with Crippen molar-refractivity contribution in [1.82, 2.24) is 0 Å². The van der Waals surface area contributed by atoms with Crippen LogP contribution in [0.3, 0.4) is 0 Å². The Morgan fingerprint density at radius 1 is 0.760 bits per heavy atom. The molecule has 1 atom stereocenters. The van der Waals surface area contributed by atoms with Gasteiger partial charge in [-0.15, -0.1) is 0 Å². The standard InChI is InChI=1S/C23H23NO/c25-23(24-21-16-8-3-9-17-21)22(20-14-6-2-7-15-20)18-10-13-19-11-4-1-5-12-19/h1-9,11-12,14-17,22H,10,13,18H2,(H,24,25)/t22-/m1/s1. The first kappa shape index (κ1) is 17.0. The molecule has 0 bridgehead atoms. The first-order valence-electron chi connectivity index (χ1n) is 8.78. The predicted octanol–water partition coefficient (Wildman–Crippen LogP) is 5.43. The normalized spacial score (nSPS) is 11.7. The molecule has 0 unspecified atom stereocenters. The molecule has 0 radical (unpaired) electrons. The molecule has 126 valence electrons. The zero-order chi connectivity index (χ0) is 17.3.